The number of nitrogens with one attached hydrogen (secondary N) is 2. The van der Waals surface area contributed by atoms with E-state index in [9.17, 15) is 9.59 Å². The van der Waals surface area contributed by atoms with E-state index in [-0.39, 0.29) is 18.2 Å². The summed E-state index contributed by atoms with van der Waals surface area (Å²) < 4.78 is 1.37. The monoisotopic (exact) mass is 344 g/mol. The highest BCUT2D eigenvalue weighted by molar-refractivity contribution is 9.10. The van der Waals surface area contributed by atoms with Crippen LogP contribution < -0.4 is 10.6 Å². The molecule has 1 saturated heterocycles. The minimum atomic E-state index is -0.423. The molecule has 0 unspecified atom stereocenters. The molecular weight excluding hydrogens is 336 g/mol. The summed E-state index contributed by atoms with van der Waals surface area (Å²) in [6.07, 6.45) is 0.118. The molecule has 4 nitrogen and oxygen atoms in total. The summed E-state index contributed by atoms with van der Waals surface area (Å²) in [6, 6.07) is 7.24. The van der Waals surface area contributed by atoms with Crippen molar-refractivity contribution >= 4 is 61.7 Å². The maximum Gasteiger partial charge on any atom is 0.239 e. The number of rotatable bonds is 3. The predicted octanol–water partition coefficient (Wildman–Crippen LogP) is 2.29. The number of carbonyl (C=O) groups is 2. The first-order valence-electron chi connectivity index (χ1n) is 5.11. The quantitative estimate of drug-likeness (QED) is 0.826. The molecule has 0 saturated carbocycles. The van der Waals surface area contributed by atoms with E-state index in [1.807, 2.05) is 12.1 Å². The summed E-state index contributed by atoms with van der Waals surface area (Å²) in [6.45, 7) is 0. The number of thioether (sulfide) groups is 1. The maximum absolute atomic E-state index is 11.7. The highest BCUT2D eigenvalue weighted by Crippen LogP contribution is 2.23. The SMILES string of the molecule is O=C(C[C@@H]1SC(=S)NC1=O)Nc1ccc(Br)cc1. The maximum atomic E-state index is 11.7. The van der Waals surface area contributed by atoms with Crippen molar-refractivity contribution in [2.75, 3.05) is 5.32 Å². The Bertz CT molecular complexity index is 504. The van der Waals surface area contributed by atoms with Gasteiger partial charge in [-0.2, -0.15) is 0 Å². The smallest absolute Gasteiger partial charge is 0.239 e. The molecule has 2 rings (SSSR count). The highest BCUT2D eigenvalue weighted by atomic mass is 79.9. The number of hydrogen-bond donors (Lipinski definition) is 2. The van der Waals surface area contributed by atoms with Crippen LogP contribution >= 0.6 is 39.9 Å². The molecule has 1 atom stereocenters. The highest BCUT2D eigenvalue weighted by Gasteiger charge is 2.30. The number of carbonyl (C=O) groups excluding carboxylic acids is 2. The number of amides is 2. The Morgan fingerprint density at radius 1 is 1.44 bits per heavy atom. The summed E-state index contributed by atoms with van der Waals surface area (Å²) in [5, 5.41) is 4.82. The van der Waals surface area contributed by atoms with Crippen LogP contribution in [0.2, 0.25) is 0 Å². The van der Waals surface area contributed by atoms with Gasteiger partial charge in [0.05, 0.1) is 5.25 Å². The second-order valence-electron chi connectivity index (χ2n) is 3.64. The van der Waals surface area contributed by atoms with E-state index >= 15 is 0 Å². The van der Waals surface area contributed by atoms with E-state index in [0.717, 1.165) is 4.47 Å². The molecule has 94 valence electrons. The Morgan fingerprint density at radius 2 is 2.11 bits per heavy atom. The molecule has 0 bridgehead atoms. The van der Waals surface area contributed by atoms with Crippen molar-refractivity contribution in [2.45, 2.75) is 11.7 Å². The number of halogens is 1. The van der Waals surface area contributed by atoms with Crippen LogP contribution in [0.3, 0.4) is 0 Å². The van der Waals surface area contributed by atoms with Gasteiger partial charge in [0.15, 0.2) is 0 Å². The van der Waals surface area contributed by atoms with Gasteiger partial charge in [-0.15, -0.1) is 0 Å². The summed E-state index contributed by atoms with van der Waals surface area (Å²) in [5.41, 5.74) is 0.703. The molecule has 1 fully saturated rings. The minimum Gasteiger partial charge on any atom is -0.326 e. The van der Waals surface area contributed by atoms with Crippen LogP contribution in [0.4, 0.5) is 5.69 Å². The van der Waals surface area contributed by atoms with Crippen LogP contribution in [0, 0.1) is 0 Å². The van der Waals surface area contributed by atoms with Crippen LogP contribution in [0.1, 0.15) is 6.42 Å². The average molecular weight is 345 g/mol. The van der Waals surface area contributed by atoms with Crippen molar-refractivity contribution in [3.8, 4) is 0 Å². The average Bonchev–Trinajstić information content (AvgIpc) is 2.61. The van der Waals surface area contributed by atoms with Crippen molar-refractivity contribution in [3.05, 3.63) is 28.7 Å². The van der Waals surface area contributed by atoms with Crippen LogP contribution in [-0.4, -0.2) is 21.4 Å². The Morgan fingerprint density at radius 3 is 2.67 bits per heavy atom. The van der Waals surface area contributed by atoms with E-state index in [2.05, 4.69) is 26.6 Å². The van der Waals surface area contributed by atoms with Crippen molar-refractivity contribution in [1.82, 2.24) is 5.32 Å². The molecular formula is C11H9BrN2O2S2. The zero-order valence-electron chi connectivity index (χ0n) is 9.10. The standard InChI is InChI=1S/C11H9BrN2O2S2/c12-6-1-3-7(4-2-6)13-9(15)5-8-10(16)14-11(17)18-8/h1-4,8H,5H2,(H,13,15)(H,14,16,17)/t8-/m0/s1. The zero-order valence-corrected chi connectivity index (χ0v) is 12.3. The molecule has 0 radical (unpaired) electrons. The third-order valence-corrected chi connectivity index (χ3v) is 4.17. The van der Waals surface area contributed by atoms with Gasteiger partial charge in [0, 0.05) is 16.6 Å². The second kappa shape index (κ2) is 5.81. The Hall–Kier alpha value is -0.920. The molecule has 0 spiro atoms. The fourth-order valence-electron chi connectivity index (χ4n) is 1.44. The minimum absolute atomic E-state index is 0.118. The summed E-state index contributed by atoms with van der Waals surface area (Å²) >= 11 is 9.40. The second-order valence-corrected chi connectivity index (χ2v) is 6.44. The molecule has 0 aliphatic carbocycles. The van der Waals surface area contributed by atoms with E-state index in [0.29, 0.717) is 10.0 Å². The number of benzene rings is 1. The molecule has 18 heavy (non-hydrogen) atoms. The van der Waals surface area contributed by atoms with Crippen LogP contribution in [0.15, 0.2) is 28.7 Å². The fraction of sp³-hybridized carbons (Fsp3) is 0.182. The third kappa shape index (κ3) is 3.54. The van der Waals surface area contributed by atoms with Gasteiger partial charge in [-0.1, -0.05) is 39.9 Å². The molecule has 1 aliphatic rings. The summed E-state index contributed by atoms with van der Waals surface area (Å²) in [4.78, 5) is 23.2. The van der Waals surface area contributed by atoms with Gasteiger partial charge in [0.1, 0.15) is 4.32 Å². The fourth-order valence-corrected chi connectivity index (χ4v) is 2.97. The third-order valence-electron chi connectivity index (χ3n) is 2.27. The lowest BCUT2D eigenvalue weighted by Crippen LogP contribution is -2.27. The lowest BCUT2D eigenvalue weighted by Gasteiger charge is -2.07. The van der Waals surface area contributed by atoms with E-state index in [1.165, 1.54) is 11.8 Å². The molecule has 2 N–H and O–H groups in total. The number of thiocarbonyl (C=S) groups is 1. The van der Waals surface area contributed by atoms with Gasteiger partial charge in [-0.05, 0) is 24.3 Å². The largest absolute Gasteiger partial charge is 0.326 e. The van der Waals surface area contributed by atoms with Gasteiger partial charge in [-0.3, -0.25) is 9.59 Å². The molecule has 7 heteroatoms. The molecule has 1 aromatic rings. The first kappa shape index (κ1) is 13.5. The number of anilines is 1. The van der Waals surface area contributed by atoms with Crippen LogP contribution in [0.25, 0.3) is 0 Å². The van der Waals surface area contributed by atoms with Gasteiger partial charge in [0.2, 0.25) is 11.8 Å². The Labute approximate surface area is 122 Å². The van der Waals surface area contributed by atoms with Crippen molar-refractivity contribution < 1.29 is 9.59 Å². The van der Waals surface area contributed by atoms with Crippen molar-refractivity contribution in [2.24, 2.45) is 0 Å². The van der Waals surface area contributed by atoms with E-state index < -0.39 is 5.25 Å². The predicted molar refractivity (Wildman–Crippen MR) is 79.5 cm³/mol. The molecule has 1 heterocycles. The van der Waals surface area contributed by atoms with E-state index in [4.69, 9.17) is 12.2 Å². The summed E-state index contributed by atoms with van der Waals surface area (Å²) in [7, 11) is 0. The first-order chi connectivity index (χ1) is 8.54. The lowest BCUT2D eigenvalue weighted by atomic mass is 10.2. The number of hydrogen-bond acceptors (Lipinski definition) is 4. The summed E-state index contributed by atoms with van der Waals surface area (Å²) in [5.74, 6) is -0.398. The van der Waals surface area contributed by atoms with Crippen molar-refractivity contribution in [3.63, 3.8) is 0 Å². The van der Waals surface area contributed by atoms with Gasteiger partial charge < -0.3 is 10.6 Å². The lowest BCUT2D eigenvalue weighted by molar-refractivity contribution is -0.122. The zero-order chi connectivity index (χ0) is 13.1. The van der Waals surface area contributed by atoms with Gasteiger partial charge >= 0.3 is 0 Å². The first-order valence-corrected chi connectivity index (χ1v) is 7.19. The molecule has 1 aromatic carbocycles. The molecule has 2 amide bonds. The van der Waals surface area contributed by atoms with Crippen LogP contribution in [-0.2, 0) is 9.59 Å². The normalized spacial score (nSPS) is 18.6. The van der Waals surface area contributed by atoms with E-state index in [1.54, 1.807) is 12.1 Å². The Kier molecular flexibility index (Phi) is 4.36. The van der Waals surface area contributed by atoms with Crippen LogP contribution in [0.5, 0.6) is 0 Å². The Balaban J connectivity index is 1.91. The molecule has 1 aliphatic heterocycles. The van der Waals surface area contributed by atoms with Gasteiger partial charge in [-0.25, -0.2) is 0 Å². The van der Waals surface area contributed by atoms with Crippen molar-refractivity contribution in [1.29, 1.82) is 0 Å². The topological polar surface area (TPSA) is 58.2 Å². The van der Waals surface area contributed by atoms with Gasteiger partial charge in [0.25, 0.3) is 0 Å². The molecule has 0 aromatic heterocycles.